The highest BCUT2D eigenvalue weighted by Gasteiger charge is 2.31. The van der Waals surface area contributed by atoms with E-state index in [1.165, 1.54) is 11.8 Å². The van der Waals surface area contributed by atoms with Gasteiger partial charge in [-0.1, -0.05) is 30.0 Å². The van der Waals surface area contributed by atoms with Crippen LogP contribution in [-0.4, -0.2) is 38.4 Å². The molecule has 0 bridgehead atoms. The Bertz CT molecular complexity index is 1250. The van der Waals surface area contributed by atoms with Crippen LogP contribution >= 0.6 is 27.7 Å². The van der Waals surface area contributed by atoms with E-state index >= 15 is 0 Å². The molecule has 152 valence electrons. The fourth-order valence-electron chi connectivity index (χ4n) is 3.53. The van der Waals surface area contributed by atoms with E-state index in [-0.39, 0.29) is 5.78 Å². The van der Waals surface area contributed by atoms with Crippen LogP contribution in [0.2, 0.25) is 0 Å². The first-order chi connectivity index (χ1) is 14.7. The molecule has 6 nitrogen and oxygen atoms in total. The van der Waals surface area contributed by atoms with Crippen molar-refractivity contribution >= 4 is 44.4 Å². The zero-order valence-electron chi connectivity index (χ0n) is 16.3. The number of carbonyl (C=O) groups is 1. The van der Waals surface area contributed by atoms with E-state index in [9.17, 15) is 4.79 Å². The van der Waals surface area contributed by atoms with Crippen LogP contribution in [-0.2, 0) is 0 Å². The minimum absolute atomic E-state index is 0.0438. The van der Waals surface area contributed by atoms with E-state index in [0.717, 1.165) is 44.8 Å². The van der Waals surface area contributed by atoms with Gasteiger partial charge in [0.15, 0.2) is 16.8 Å². The molecule has 8 heteroatoms. The van der Waals surface area contributed by atoms with E-state index in [4.69, 9.17) is 4.74 Å². The van der Waals surface area contributed by atoms with Crippen molar-refractivity contribution in [1.82, 2.24) is 19.7 Å². The number of aromatic nitrogens is 4. The molecule has 0 aliphatic heterocycles. The minimum atomic E-state index is 0.0438. The summed E-state index contributed by atoms with van der Waals surface area (Å²) in [6.07, 6.45) is 4.21. The molecular formula is C22H19BrN4O2S. The molecular weight excluding hydrogens is 464 g/mol. The number of H-pyrrole nitrogens is 1. The van der Waals surface area contributed by atoms with Gasteiger partial charge in [0.2, 0.25) is 0 Å². The van der Waals surface area contributed by atoms with Crippen LogP contribution in [0.3, 0.4) is 0 Å². The summed E-state index contributed by atoms with van der Waals surface area (Å²) in [5.41, 5.74) is 2.76. The van der Waals surface area contributed by atoms with Gasteiger partial charge in [-0.2, -0.15) is 0 Å². The first kappa shape index (κ1) is 19.4. The van der Waals surface area contributed by atoms with Crippen molar-refractivity contribution in [2.24, 2.45) is 0 Å². The van der Waals surface area contributed by atoms with Crippen LogP contribution in [0.25, 0.3) is 22.3 Å². The Morgan fingerprint density at radius 3 is 2.87 bits per heavy atom. The molecule has 2 aromatic carbocycles. The molecule has 30 heavy (non-hydrogen) atoms. The third-order valence-electron chi connectivity index (χ3n) is 5.21. The summed E-state index contributed by atoms with van der Waals surface area (Å²) in [4.78, 5) is 16.0. The molecule has 4 aromatic rings. The maximum absolute atomic E-state index is 12.7. The second-order valence-electron chi connectivity index (χ2n) is 7.22. The van der Waals surface area contributed by atoms with Gasteiger partial charge < -0.3 is 9.72 Å². The number of Topliss-reactive ketones (excluding diaryl/α,β-unsaturated/α-hetero) is 1. The number of methoxy groups -OCH3 is 1. The van der Waals surface area contributed by atoms with Crippen molar-refractivity contribution in [1.29, 1.82) is 0 Å². The number of fused-ring (bicyclic) bond motifs is 1. The Hall–Kier alpha value is -2.58. The van der Waals surface area contributed by atoms with Crippen LogP contribution < -0.4 is 4.74 Å². The molecule has 1 N–H and O–H groups in total. The average Bonchev–Trinajstić information content (AvgIpc) is 3.38. The topological polar surface area (TPSA) is 72.8 Å². The highest BCUT2D eigenvalue weighted by molar-refractivity contribution is 9.10. The number of thioether (sulfide) groups is 1. The normalized spacial score (nSPS) is 13.7. The quantitative estimate of drug-likeness (QED) is 0.277. The van der Waals surface area contributed by atoms with E-state index in [2.05, 4.69) is 47.8 Å². The number of ether oxygens (including phenoxy) is 1. The van der Waals surface area contributed by atoms with Crippen molar-refractivity contribution in [3.05, 3.63) is 58.7 Å². The maximum Gasteiger partial charge on any atom is 0.192 e. The van der Waals surface area contributed by atoms with Gasteiger partial charge in [0.1, 0.15) is 5.75 Å². The number of nitrogens with one attached hydrogen (secondary N) is 1. The van der Waals surface area contributed by atoms with Gasteiger partial charge in [0, 0.05) is 34.3 Å². The van der Waals surface area contributed by atoms with Crippen molar-refractivity contribution < 1.29 is 9.53 Å². The highest BCUT2D eigenvalue weighted by atomic mass is 79.9. The number of rotatable bonds is 7. The summed E-state index contributed by atoms with van der Waals surface area (Å²) in [6.45, 7) is 0. The molecule has 1 fully saturated rings. The van der Waals surface area contributed by atoms with Crippen LogP contribution in [0.15, 0.2) is 58.3 Å². The molecule has 1 aliphatic rings. The average molecular weight is 483 g/mol. The Labute approximate surface area is 186 Å². The lowest BCUT2D eigenvalue weighted by molar-refractivity contribution is 0.102. The summed E-state index contributed by atoms with van der Waals surface area (Å²) < 4.78 is 8.20. The Morgan fingerprint density at radius 1 is 1.27 bits per heavy atom. The SMILES string of the molecule is COc1ccc(C(=O)CSc2nnc(-c3c[nH]c4ccccc34)n2C2CC2)cc1Br. The molecule has 2 heterocycles. The lowest BCUT2D eigenvalue weighted by Crippen LogP contribution is -2.05. The summed E-state index contributed by atoms with van der Waals surface area (Å²) in [6, 6.07) is 14.0. The summed E-state index contributed by atoms with van der Waals surface area (Å²) in [7, 11) is 1.60. The van der Waals surface area contributed by atoms with E-state index in [1.807, 2.05) is 18.3 Å². The van der Waals surface area contributed by atoms with Gasteiger partial charge >= 0.3 is 0 Å². The minimum Gasteiger partial charge on any atom is -0.496 e. The number of hydrogen-bond acceptors (Lipinski definition) is 5. The number of nitrogens with zero attached hydrogens (tertiary/aromatic N) is 3. The molecule has 0 atom stereocenters. The molecule has 5 rings (SSSR count). The number of ketones is 1. The number of para-hydroxylation sites is 1. The van der Waals surface area contributed by atoms with Crippen molar-refractivity contribution in [3.63, 3.8) is 0 Å². The first-order valence-corrected chi connectivity index (χ1v) is 11.4. The maximum atomic E-state index is 12.7. The number of aromatic amines is 1. The fourth-order valence-corrected chi connectivity index (χ4v) is 4.97. The zero-order chi connectivity index (χ0) is 20.7. The molecule has 1 saturated carbocycles. The van der Waals surface area contributed by atoms with Gasteiger partial charge in [0.25, 0.3) is 0 Å². The summed E-state index contributed by atoms with van der Waals surface area (Å²) in [5.74, 6) is 1.91. The van der Waals surface area contributed by atoms with Gasteiger partial charge in [-0.3, -0.25) is 9.36 Å². The zero-order valence-corrected chi connectivity index (χ0v) is 18.7. The smallest absolute Gasteiger partial charge is 0.192 e. The Balaban J connectivity index is 1.41. The van der Waals surface area contributed by atoms with Crippen molar-refractivity contribution in [3.8, 4) is 17.1 Å². The predicted octanol–water partition coefficient (Wildman–Crippen LogP) is 5.51. The molecule has 0 amide bonds. The number of carbonyl (C=O) groups excluding carboxylic acids is 1. The van der Waals surface area contributed by atoms with E-state index < -0.39 is 0 Å². The van der Waals surface area contributed by atoms with E-state index in [0.29, 0.717) is 23.1 Å². The van der Waals surface area contributed by atoms with E-state index in [1.54, 1.807) is 25.3 Å². The third kappa shape index (κ3) is 3.54. The number of halogens is 1. The number of benzene rings is 2. The second-order valence-corrected chi connectivity index (χ2v) is 9.01. The van der Waals surface area contributed by atoms with Crippen LogP contribution in [0.1, 0.15) is 29.2 Å². The van der Waals surface area contributed by atoms with Crippen molar-refractivity contribution in [2.75, 3.05) is 12.9 Å². The summed E-state index contributed by atoms with van der Waals surface area (Å²) in [5, 5.41) is 10.8. The molecule has 0 spiro atoms. The Kier molecular flexibility index (Phi) is 5.12. The molecule has 2 aromatic heterocycles. The van der Waals surface area contributed by atoms with Gasteiger partial charge in [-0.25, -0.2) is 0 Å². The van der Waals surface area contributed by atoms with Gasteiger partial charge in [0.05, 0.1) is 17.3 Å². The van der Waals surface area contributed by atoms with Crippen molar-refractivity contribution in [2.45, 2.75) is 24.0 Å². The lowest BCUT2D eigenvalue weighted by Gasteiger charge is -2.09. The largest absolute Gasteiger partial charge is 0.496 e. The molecule has 0 unspecified atom stereocenters. The first-order valence-electron chi connectivity index (χ1n) is 9.66. The molecule has 1 aliphatic carbocycles. The molecule has 0 saturated heterocycles. The molecule has 0 radical (unpaired) electrons. The van der Waals surface area contributed by atoms with Crippen LogP contribution in [0.4, 0.5) is 0 Å². The monoisotopic (exact) mass is 482 g/mol. The Morgan fingerprint density at radius 2 is 2.10 bits per heavy atom. The number of hydrogen-bond donors (Lipinski definition) is 1. The third-order valence-corrected chi connectivity index (χ3v) is 6.78. The fraction of sp³-hybridized carbons (Fsp3) is 0.227. The van der Waals surface area contributed by atoms with Gasteiger partial charge in [-0.05, 0) is 53.0 Å². The predicted molar refractivity (Wildman–Crippen MR) is 121 cm³/mol. The lowest BCUT2D eigenvalue weighted by atomic mass is 10.1. The standard InChI is InChI=1S/C22H19BrN4O2S/c1-29-20-9-6-13(10-17(20)23)19(28)12-30-22-26-25-21(27(22)14-7-8-14)16-11-24-18-5-3-2-4-15(16)18/h2-6,9-11,14,24H,7-8,12H2,1H3. The van der Waals surface area contributed by atoms with Gasteiger partial charge in [-0.15, -0.1) is 10.2 Å². The summed E-state index contributed by atoms with van der Waals surface area (Å²) >= 11 is 4.88. The van der Waals surface area contributed by atoms with Crippen LogP contribution in [0, 0.1) is 0 Å². The van der Waals surface area contributed by atoms with Crippen LogP contribution in [0.5, 0.6) is 5.75 Å². The highest BCUT2D eigenvalue weighted by Crippen LogP contribution is 2.42. The second kappa shape index (κ2) is 7.92.